The number of hydrogen-bond donors (Lipinski definition) is 3. The molecule has 0 fully saturated rings. The highest BCUT2D eigenvalue weighted by molar-refractivity contribution is 6.02. The molecule has 0 aliphatic carbocycles. The molecule has 0 spiro atoms. The monoisotopic (exact) mass is 453 g/mol. The van der Waals surface area contributed by atoms with Crippen LogP contribution in [0.2, 0.25) is 0 Å². The van der Waals surface area contributed by atoms with E-state index in [2.05, 4.69) is 21.3 Å². The standard InChI is InChI=1S/C26H23N5O3/c1-18(32)27-16-19-12-14-21(15-13-19)25(33)28-29-26(34)23-17-31(22-10-6-3-7-11-22)30-24(23)20-8-4-2-5-9-20/h2-15,17H,16H2,1H3,(H,27,32)(H,28,33)(H,29,34). The van der Waals surface area contributed by atoms with Gasteiger partial charge in [0.05, 0.1) is 11.3 Å². The van der Waals surface area contributed by atoms with E-state index in [9.17, 15) is 14.4 Å². The van der Waals surface area contributed by atoms with Crippen LogP contribution in [0, 0.1) is 0 Å². The Balaban J connectivity index is 1.49. The SMILES string of the molecule is CC(=O)NCc1ccc(C(=O)NNC(=O)c2cn(-c3ccccc3)nc2-c2ccccc2)cc1. The van der Waals surface area contributed by atoms with Crippen molar-refractivity contribution in [2.24, 2.45) is 0 Å². The van der Waals surface area contributed by atoms with E-state index in [1.54, 1.807) is 35.1 Å². The maximum absolute atomic E-state index is 13.0. The van der Waals surface area contributed by atoms with Crippen molar-refractivity contribution in [3.8, 4) is 16.9 Å². The molecule has 1 heterocycles. The molecule has 0 radical (unpaired) electrons. The van der Waals surface area contributed by atoms with E-state index in [0.29, 0.717) is 23.4 Å². The highest BCUT2D eigenvalue weighted by Crippen LogP contribution is 2.23. The highest BCUT2D eigenvalue weighted by atomic mass is 16.2. The summed E-state index contributed by atoms with van der Waals surface area (Å²) < 4.78 is 1.63. The molecular weight excluding hydrogens is 430 g/mol. The number of carbonyl (C=O) groups is 3. The van der Waals surface area contributed by atoms with E-state index in [1.807, 2.05) is 60.7 Å². The van der Waals surface area contributed by atoms with Crippen LogP contribution in [0.25, 0.3) is 16.9 Å². The lowest BCUT2D eigenvalue weighted by Gasteiger charge is -2.08. The number of para-hydroxylation sites is 1. The molecule has 0 saturated carbocycles. The summed E-state index contributed by atoms with van der Waals surface area (Å²) in [5.74, 6) is -1.08. The number of hydrogen-bond acceptors (Lipinski definition) is 4. The van der Waals surface area contributed by atoms with Gasteiger partial charge in [0.1, 0.15) is 5.69 Å². The normalized spacial score (nSPS) is 10.4. The predicted molar refractivity (Wildman–Crippen MR) is 128 cm³/mol. The first-order valence-corrected chi connectivity index (χ1v) is 10.7. The van der Waals surface area contributed by atoms with Gasteiger partial charge < -0.3 is 5.32 Å². The zero-order valence-electron chi connectivity index (χ0n) is 18.5. The molecule has 0 atom stereocenters. The predicted octanol–water partition coefficient (Wildman–Crippen LogP) is 3.25. The second kappa shape index (κ2) is 10.3. The Hall–Kier alpha value is -4.72. The minimum absolute atomic E-state index is 0.130. The number of carbonyl (C=O) groups excluding carboxylic acids is 3. The van der Waals surface area contributed by atoms with Crippen molar-refractivity contribution < 1.29 is 14.4 Å². The van der Waals surface area contributed by atoms with Gasteiger partial charge in [-0.25, -0.2) is 4.68 Å². The molecule has 8 nitrogen and oxygen atoms in total. The van der Waals surface area contributed by atoms with E-state index in [4.69, 9.17) is 0 Å². The van der Waals surface area contributed by atoms with E-state index < -0.39 is 11.8 Å². The topological polar surface area (TPSA) is 105 Å². The van der Waals surface area contributed by atoms with Gasteiger partial charge in [0.2, 0.25) is 5.91 Å². The Morgan fingerprint density at radius 1 is 0.794 bits per heavy atom. The number of nitrogens with zero attached hydrogens (tertiary/aromatic N) is 2. The van der Waals surface area contributed by atoms with Crippen LogP contribution in [0.3, 0.4) is 0 Å². The van der Waals surface area contributed by atoms with Crippen LogP contribution in [-0.2, 0) is 11.3 Å². The molecule has 0 aliphatic rings. The number of amides is 3. The van der Waals surface area contributed by atoms with Gasteiger partial charge >= 0.3 is 0 Å². The number of hydrazine groups is 1. The lowest BCUT2D eigenvalue weighted by atomic mass is 10.1. The van der Waals surface area contributed by atoms with Crippen molar-refractivity contribution in [3.05, 3.63) is 108 Å². The summed E-state index contributed by atoms with van der Waals surface area (Å²) in [7, 11) is 0. The summed E-state index contributed by atoms with van der Waals surface area (Å²) in [5.41, 5.74) is 8.56. The third kappa shape index (κ3) is 5.36. The lowest BCUT2D eigenvalue weighted by molar-refractivity contribution is -0.119. The van der Waals surface area contributed by atoms with Gasteiger partial charge in [-0.05, 0) is 29.8 Å². The first-order valence-electron chi connectivity index (χ1n) is 10.7. The van der Waals surface area contributed by atoms with Crippen molar-refractivity contribution in [1.82, 2.24) is 25.9 Å². The van der Waals surface area contributed by atoms with Crippen LogP contribution in [-0.4, -0.2) is 27.5 Å². The van der Waals surface area contributed by atoms with E-state index in [-0.39, 0.29) is 5.91 Å². The summed E-state index contributed by atoms with van der Waals surface area (Å²) in [6, 6.07) is 25.6. The zero-order valence-corrected chi connectivity index (χ0v) is 18.5. The average Bonchev–Trinajstić information content (AvgIpc) is 3.33. The van der Waals surface area contributed by atoms with E-state index >= 15 is 0 Å². The molecule has 3 aromatic carbocycles. The van der Waals surface area contributed by atoms with Crippen LogP contribution in [0.15, 0.2) is 91.1 Å². The molecule has 8 heteroatoms. The molecule has 34 heavy (non-hydrogen) atoms. The second-order valence-corrected chi connectivity index (χ2v) is 7.55. The second-order valence-electron chi connectivity index (χ2n) is 7.55. The number of aromatic nitrogens is 2. The maximum atomic E-state index is 13.0. The fraction of sp³-hybridized carbons (Fsp3) is 0.0769. The maximum Gasteiger partial charge on any atom is 0.273 e. The fourth-order valence-corrected chi connectivity index (χ4v) is 3.32. The zero-order chi connectivity index (χ0) is 23.9. The molecule has 0 aliphatic heterocycles. The lowest BCUT2D eigenvalue weighted by Crippen LogP contribution is -2.41. The smallest absolute Gasteiger partial charge is 0.273 e. The van der Waals surface area contributed by atoms with Crippen LogP contribution in [0.5, 0.6) is 0 Å². The van der Waals surface area contributed by atoms with Crippen molar-refractivity contribution in [2.75, 3.05) is 0 Å². The third-order valence-electron chi connectivity index (χ3n) is 5.07. The number of nitrogens with one attached hydrogen (secondary N) is 3. The molecular formula is C26H23N5O3. The highest BCUT2D eigenvalue weighted by Gasteiger charge is 2.19. The van der Waals surface area contributed by atoms with Crippen LogP contribution >= 0.6 is 0 Å². The first kappa shape index (κ1) is 22.5. The molecule has 170 valence electrons. The number of benzene rings is 3. The van der Waals surface area contributed by atoms with Gasteiger partial charge in [0.15, 0.2) is 0 Å². The van der Waals surface area contributed by atoms with Gasteiger partial charge in [-0.15, -0.1) is 0 Å². The molecule has 3 amide bonds. The van der Waals surface area contributed by atoms with Gasteiger partial charge in [-0.1, -0.05) is 60.7 Å². The van der Waals surface area contributed by atoms with Gasteiger partial charge in [-0.3, -0.25) is 25.2 Å². The molecule has 3 N–H and O–H groups in total. The Morgan fingerprint density at radius 2 is 1.41 bits per heavy atom. The van der Waals surface area contributed by atoms with Crippen molar-refractivity contribution in [1.29, 1.82) is 0 Å². The van der Waals surface area contributed by atoms with E-state index in [0.717, 1.165) is 16.8 Å². The molecule has 0 saturated heterocycles. The van der Waals surface area contributed by atoms with Crippen molar-refractivity contribution in [3.63, 3.8) is 0 Å². The molecule has 4 rings (SSSR count). The Labute approximate surface area is 196 Å². The van der Waals surface area contributed by atoms with Crippen molar-refractivity contribution >= 4 is 17.7 Å². The van der Waals surface area contributed by atoms with Gasteiger partial charge in [0.25, 0.3) is 11.8 Å². The Bertz CT molecular complexity index is 1300. The summed E-state index contributed by atoms with van der Waals surface area (Å²) in [6.07, 6.45) is 1.63. The van der Waals surface area contributed by atoms with Crippen molar-refractivity contribution in [2.45, 2.75) is 13.5 Å². The summed E-state index contributed by atoms with van der Waals surface area (Å²) in [5, 5.41) is 7.31. The average molecular weight is 454 g/mol. The summed E-state index contributed by atoms with van der Waals surface area (Å²) >= 11 is 0. The minimum Gasteiger partial charge on any atom is -0.352 e. The number of rotatable bonds is 6. The first-order chi connectivity index (χ1) is 16.5. The van der Waals surface area contributed by atoms with E-state index in [1.165, 1.54) is 6.92 Å². The molecule has 0 bridgehead atoms. The molecule has 1 aromatic heterocycles. The van der Waals surface area contributed by atoms with Crippen LogP contribution in [0.4, 0.5) is 0 Å². The molecule has 4 aromatic rings. The van der Waals surface area contributed by atoms with Gasteiger partial charge in [-0.2, -0.15) is 5.10 Å². The minimum atomic E-state index is -0.489. The summed E-state index contributed by atoms with van der Waals surface area (Å²) in [4.78, 5) is 36.6. The van der Waals surface area contributed by atoms with Crippen LogP contribution in [0.1, 0.15) is 33.2 Å². The van der Waals surface area contributed by atoms with Crippen LogP contribution < -0.4 is 16.2 Å². The Morgan fingerprint density at radius 3 is 2.06 bits per heavy atom. The fourth-order valence-electron chi connectivity index (χ4n) is 3.32. The quantitative estimate of drug-likeness (QED) is 0.390. The largest absolute Gasteiger partial charge is 0.352 e. The Kier molecular flexibility index (Phi) is 6.78. The molecule has 0 unspecified atom stereocenters. The third-order valence-corrected chi connectivity index (χ3v) is 5.07. The van der Waals surface area contributed by atoms with Gasteiger partial charge in [0, 0.05) is 30.8 Å². The summed E-state index contributed by atoms with van der Waals surface area (Å²) in [6.45, 7) is 1.82.